The van der Waals surface area contributed by atoms with Crippen molar-refractivity contribution in [2.75, 3.05) is 18.9 Å². The Bertz CT molecular complexity index is 560. The summed E-state index contributed by atoms with van der Waals surface area (Å²) >= 11 is 1.66. The first-order valence-electron chi connectivity index (χ1n) is 6.50. The molecule has 21 heavy (non-hydrogen) atoms. The standard InChI is InChI=1S/C15H16FNO3S/c16-13-5-1-2-6-14(13)20-10-15(18)17-7-9-21-11-12-4-3-8-19-12/h1-6,8H,7,9-11H2,(H,17,18). The van der Waals surface area contributed by atoms with Gasteiger partial charge in [-0.3, -0.25) is 4.79 Å². The molecular weight excluding hydrogens is 293 g/mol. The first-order valence-corrected chi connectivity index (χ1v) is 7.65. The fraction of sp³-hybridized carbons (Fsp3) is 0.267. The molecule has 2 rings (SSSR count). The van der Waals surface area contributed by atoms with Crippen molar-refractivity contribution >= 4 is 17.7 Å². The third-order valence-corrected chi connectivity index (χ3v) is 3.57. The molecule has 0 saturated heterocycles. The van der Waals surface area contributed by atoms with Gasteiger partial charge in [-0.05, 0) is 24.3 Å². The number of rotatable bonds is 8. The average molecular weight is 309 g/mol. The fourth-order valence-corrected chi connectivity index (χ4v) is 2.34. The summed E-state index contributed by atoms with van der Waals surface area (Å²) in [6.07, 6.45) is 1.64. The molecule has 0 spiro atoms. The van der Waals surface area contributed by atoms with E-state index in [9.17, 15) is 9.18 Å². The lowest BCUT2D eigenvalue weighted by Gasteiger charge is -2.07. The Morgan fingerprint density at radius 1 is 1.29 bits per heavy atom. The van der Waals surface area contributed by atoms with E-state index in [1.54, 1.807) is 30.2 Å². The van der Waals surface area contributed by atoms with Gasteiger partial charge in [-0.15, -0.1) is 0 Å². The fourth-order valence-electron chi connectivity index (χ4n) is 1.59. The van der Waals surface area contributed by atoms with E-state index in [0.29, 0.717) is 6.54 Å². The van der Waals surface area contributed by atoms with E-state index in [1.165, 1.54) is 12.1 Å². The van der Waals surface area contributed by atoms with Crippen LogP contribution in [0.4, 0.5) is 4.39 Å². The highest BCUT2D eigenvalue weighted by molar-refractivity contribution is 7.98. The van der Waals surface area contributed by atoms with Crippen LogP contribution < -0.4 is 10.1 Å². The number of furan rings is 1. The van der Waals surface area contributed by atoms with E-state index < -0.39 is 5.82 Å². The van der Waals surface area contributed by atoms with Gasteiger partial charge < -0.3 is 14.5 Å². The van der Waals surface area contributed by atoms with Crippen LogP contribution in [-0.4, -0.2) is 24.8 Å². The van der Waals surface area contributed by atoms with Gasteiger partial charge in [0.25, 0.3) is 5.91 Å². The van der Waals surface area contributed by atoms with Crippen molar-refractivity contribution in [1.82, 2.24) is 5.32 Å². The summed E-state index contributed by atoms with van der Waals surface area (Å²) in [6.45, 7) is 0.342. The zero-order chi connectivity index (χ0) is 14.9. The van der Waals surface area contributed by atoms with Crippen LogP contribution in [0.3, 0.4) is 0 Å². The molecule has 0 unspecified atom stereocenters. The van der Waals surface area contributed by atoms with E-state index >= 15 is 0 Å². The lowest BCUT2D eigenvalue weighted by atomic mass is 10.3. The van der Waals surface area contributed by atoms with Gasteiger partial charge in [-0.1, -0.05) is 12.1 Å². The predicted octanol–water partition coefficient (Wildman–Crippen LogP) is 2.85. The Morgan fingerprint density at radius 3 is 2.90 bits per heavy atom. The molecule has 6 heteroatoms. The van der Waals surface area contributed by atoms with Crippen LogP contribution in [0.15, 0.2) is 47.1 Å². The maximum absolute atomic E-state index is 13.3. The third kappa shape index (κ3) is 5.51. The smallest absolute Gasteiger partial charge is 0.257 e. The molecule has 0 radical (unpaired) electrons. The normalized spacial score (nSPS) is 10.3. The Balaban J connectivity index is 1.56. The second kappa shape index (κ2) is 8.36. The molecule has 0 fully saturated rings. The molecule has 112 valence electrons. The van der Waals surface area contributed by atoms with Crippen molar-refractivity contribution in [3.8, 4) is 5.75 Å². The molecule has 0 saturated carbocycles. The topological polar surface area (TPSA) is 51.5 Å². The van der Waals surface area contributed by atoms with Crippen LogP contribution in [0.1, 0.15) is 5.76 Å². The van der Waals surface area contributed by atoms with Gasteiger partial charge in [0, 0.05) is 12.3 Å². The second-order valence-corrected chi connectivity index (χ2v) is 5.31. The van der Waals surface area contributed by atoms with Crippen molar-refractivity contribution in [3.63, 3.8) is 0 Å². The molecular formula is C15H16FNO3S. The van der Waals surface area contributed by atoms with Gasteiger partial charge in [-0.25, -0.2) is 4.39 Å². The van der Waals surface area contributed by atoms with Crippen molar-refractivity contribution in [2.45, 2.75) is 5.75 Å². The highest BCUT2D eigenvalue weighted by atomic mass is 32.2. The van der Waals surface area contributed by atoms with Crippen LogP contribution in [0.2, 0.25) is 0 Å². The first kappa shape index (κ1) is 15.4. The molecule has 0 aliphatic heterocycles. The van der Waals surface area contributed by atoms with Crippen LogP contribution in [0.5, 0.6) is 5.75 Å². The molecule has 2 aromatic rings. The molecule has 1 heterocycles. The van der Waals surface area contributed by atoms with E-state index in [4.69, 9.17) is 9.15 Å². The van der Waals surface area contributed by atoms with Crippen LogP contribution in [0, 0.1) is 5.82 Å². The number of benzene rings is 1. The van der Waals surface area contributed by atoms with Gasteiger partial charge in [0.15, 0.2) is 18.2 Å². The minimum absolute atomic E-state index is 0.0832. The maximum Gasteiger partial charge on any atom is 0.257 e. The Labute approximate surface area is 126 Å². The molecule has 4 nitrogen and oxygen atoms in total. The molecule has 1 aromatic carbocycles. The molecule has 1 aromatic heterocycles. The number of para-hydroxylation sites is 1. The number of amides is 1. The molecule has 0 atom stereocenters. The number of hydrogen-bond donors (Lipinski definition) is 1. The van der Waals surface area contributed by atoms with Crippen LogP contribution in [-0.2, 0) is 10.5 Å². The number of thioether (sulfide) groups is 1. The molecule has 0 bridgehead atoms. The largest absolute Gasteiger partial charge is 0.481 e. The maximum atomic E-state index is 13.3. The summed E-state index contributed by atoms with van der Waals surface area (Å²) in [5.41, 5.74) is 0. The lowest BCUT2D eigenvalue weighted by Crippen LogP contribution is -2.30. The van der Waals surface area contributed by atoms with E-state index in [2.05, 4.69) is 5.32 Å². The summed E-state index contributed by atoms with van der Waals surface area (Å²) in [5, 5.41) is 2.71. The summed E-state index contributed by atoms with van der Waals surface area (Å²) in [6, 6.07) is 9.76. The number of nitrogens with one attached hydrogen (secondary N) is 1. The first-order chi connectivity index (χ1) is 10.3. The van der Waals surface area contributed by atoms with Crippen LogP contribution >= 0.6 is 11.8 Å². The summed E-state index contributed by atoms with van der Waals surface area (Å²) in [7, 11) is 0. The Kier molecular flexibility index (Phi) is 6.15. The van der Waals surface area contributed by atoms with Gasteiger partial charge in [0.1, 0.15) is 5.76 Å². The van der Waals surface area contributed by atoms with Crippen molar-refractivity contribution in [1.29, 1.82) is 0 Å². The second-order valence-electron chi connectivity index (χ2n) is 4.20. The zero-order valence-corrected chi connectivity index (χ0v) is 12.2. The van der Waals surface area contributed by atoms with E-state index in [1.807, 2.05) is 12.1 Å². The van der Waals surface area contributed by atoms with Gasteiger partial charge in [-0.2, -0.15) is 11.8 Å². The summed E-state index contributed by atoms with van der Waals surface area (Å²) < 4.78 is 23.6. The number of halogens is 1. The number of carbonyl (C=O) groups is 1. The Morgan fingerprint density at radius 2 is 2.14 bits per heavy atom. The number of carbonyl (C=O) groups excluding carboxylic acids is 1. The summed E-state index contributed by atoms with van der Waals surface area (Å²) in [4.78, 5) is 11.5. The number of hydrogen-bond acceptors (Lipinski definition) is 4. The molecule has 0 aliphatic carbocycles. The number of ether oxygens (including phenoxy) is 1. The summed E-state index contributed by atoms with van der Waals surface area (Å²) in [5.74, 6) is 1.80. The zero-order valence-electron chi connectivity index (χ0n) is 11.4. The van der Waals surface area contributed by atoms with Gasteiger partial charge in [0.2, 0.25) is 0 Å². The quantitative estimate of drug-likeness (QED) is 0.762. The van der Waals surface area contributed by atoms with E-state index in [0.717, 1.165) is 17.3 Å². The average Bonchev–Trinajstić information content (AvgIpc) is 2.99. The minimum Gasteiger partial charge on any atom is -0.481 e. The minimum atomic E-state index is -0.473. The highest BCUT2D eigenvalue weighted by Gasteiger charge is 2.05. The molecule has 1 amide bonds. The van der Waals surface area contributed by atoms with Gasteiger partial charge >= 0.3 is 0 Å². The predicted molar refractivity (Wildman–Crippen MR) is 79.8 cm³/mol. The van der Waals surface area contributed by atoms with E-state index in [-0.39, 0.29) is 18.3 Å². The highest BCUT2D eigenvalue weighted by Crippen LogP contribution is 2.15. The van der Waals surface area contributed by atoms with Gasteiger partial charge in [0.05, 0.1) is 12.0 Å². The van der Waals surface area contributed by atoms with Crippen LogP contribution in [0.25, 0.3) is 0 Å². The Hall–Kier alpha value is -1.95. The lowest BCUT2D eigenvalue weighted by molar-refractivity contribution is -0.123. The third-order valence-electron chi connectivity index (χ3n) is 2.59. The van der Waals surface area contributed by atoms with Crippen molar-refractivity contribution in [3.05, 3.63) is 54.2 Å². The SMILES string of the molecule is O=C(COc1ccccc1F)NCCSCc1ccco1. The molecule has 1 N–H and O–H groups in total. The van der Waals surface area contributed by atoms with Crippen molar-refractivity contribution < 1.29 is 18.3 Å². The van der Waals surface area contributed by atoms with Crippen molar-refractivity contribution in [2.24, 2.45) is 0 Å². The molecule has 0 aliphatic rings. The monoisotopic (exact) mass is 309 g/mol.